The number of rotatable bonds is 10. The fraction of sp³-hybridized carbons (Fsp3) is 0.176. The van der Waals surface area contributed by atoms with Gasteiger partial charge < -0.3 is 19.3 Å². The number of allylic oxidation sites excluding steroid dienone is 6. The highest BCUT2D eigenvalue weighted by atomic mass is 16.5. The Hall–Kier alpha value is -4.44. The molecule has 0 saturated heterocycles. The molecule has 4 heteroatoms. The number of anilines is 4. The summed E-state index contributed by atoms with van der Waals surface area (Å²) in [6, 6.07) is 25.9. The second-order valence-electron chi connectivity index (χ2n) is 9.35. The molecule has 0 aliphatic heterocycles. The second-order valence-corrected chi connectivity index (χ2v) is 9.35. The normalized spacial score (nSPS) is 12.9. The Morgan fingerprint density at radius 3 is 1.63 bits per heavy atom. The van der Waals surface area contributed by atoms with Crippen LogP contribution in [0.5, 0.6) is 0 Å². The summed E-state index contributed by atoms with van der Waals surface area (Å²) < 4.78 is 10.7. The lowest BCUT2D eigenvalue weighted by molar-refractivity contribution is 0.275. The van der Waals surface area contributed by atoms with Crippen LogP contribution in [0, 0.1) is 13.8 Å². The Bertz CT molecular complexity index is 1320. The molecule has 0 atom stereocenters. The summed E-state index contributed by atoms with van der Waals surface area (Å²) in [5.74, 6) is 1.55. The molecule has 0 spiro atoms. The molecule has 3 aromatic rings. The summed E-state index contributed by atoms with van der Waals surface area (Å²) in [5.41, 5.74) is 8.77. The van der Waals surface area contributed by atoms with Gasteiger partial charge in [-0.1, -0.05) is 48.6 Å². The van der Waals surface area contributed by atoms with Crippen molar-refractivity contribution in [1.82, 2.24) is 0 Å². The molecule has 0 fully saturated rings. The van der Waals surface area contributed by atoms with E-state index in [-0.39, 0.29) is 0 Å². The number of nitrogens with zero attached hydrogens (tertiary/aromatic N) is 2. The first-order valence-electron chi connectivity index (χ1n) is 12.8. The minimum atomic E-state index is 0.576. The van der Waals surface area contributed by atoms with Crippen molar-refractivity contribution in [2.45, 2.75) is 26.7 Å². The maximum absolute atomic E-state index is 5.45. The zero-order valence-electron chi connectivity index (χ0n) is 22.8. The van der Waals surface area contributed by atoms with Crippen LogP contribution in [-0.2, 0) is 9.47 Å². The van der Waals surface area contributed by atoms with E-state index in [0.29, 0.717) is 5.76 Å². The van der Waals surface area contributed by atoms with E-state index in [1.807, 2.05) is 18.2 Å². The van der Waals surface area contributed by atoms with Crippen LogP contribution in [0.15, 0.2) is 133 Å². The minimum Gasteiger partial charge on any atom is -0.501 e. The number of hydrogen-bond acceptors (Lipinski definition) is 4. The summed E-state index contributed by atoms with van der Waals surface area (Å²) in [7, 11) is 3.33. The zero-order valence-corrected chi connectivity index (χ0v) is 22.8. The first-order chi connectivity index (χ1) is 18.4. The third-order valence-electron chi connectivity index (χ3n) is 6.60. The van der Waals surface area contributed by atoms with Gasteiger partial charge in [0.1, 0.15) is 5.76 Å². The van der Waals surface area contributed by atoms with Gasteiger partial charge in [0.2, 0.25) is 0 Å². The molecule has 1 aliphatic carbocycles. The average molecular weight is 505 g/mol. The highest BCUT2D eigenvalue weighted by molar-refractivity contribution is 5.78. The number of methoxy groups -OCH3 is 2. The third-order valence-corrected chi connectivity index (χ3v) is 6.60. The molecule has 0 N–H and O–H groups in total. The Morgan fingerprint density at radius 1 is 0.684 bits per heavy atom. The van der Waals surface area contributed by atoms with Gasteiger partial charge in [-0.2, -0.15) is 0 Å². The van der Waals surface area contributed by atoms with E-state index in [1.54, 1.807) is 14.2 Å². The molecule has 4 rings (SSSR count). The van der Waals surface area contributed by atoms with E-state index in [0.717, 1.165) is 52.7 Å². The molecule has 194 valence electrons. The lowest BCUT2D eigenvalue weighted by Crippen LogP contribution is -2.22. The maximum Gasteiger partial charge on any atom is 0.111 e. The van der Waals surface area contributed by atoms with E-state index in [2.05, 4.69) is 116 Å². The van der Waals surface area contributed by atoms with E-state index in [4.69, 9.17) is 9.47 Å². The molecule has 4 nitrogen and oxygen atoms in total. The maximum atomic E-state index is 5.45. The molecule has 0 unspecified atom stereocenters. The molecule has 38 heavy (non-hydrogen) atoms. The van der Waals surface area contributed by atoms with Crippen molar-refractivity contribution >= 4 is 22.7 Å². The van der Waals surface area contributed by atoms with Crippen molar-refractivity contribution in [3.05, 3.63) is 144 Å². The van der Waals surface area contributed by atoms with Crippen molar-refractivity contribution in [2.24, 2.45) is 0 Å². The van der Waals surface area contributed by atoms with Crippen LogP contribution in [0.3, 0.4) is 0 Å². The van der Waals surface area contributed by atoms with Gasteiger partial charge in [-0.15, -0.1) is 0 Å². The number of aryl methyl sites for hydroxylation is 2. The number of ether oxygens (including phenoxy) is 2. The van der Waals surface area contributed by atoms with Crippen LogP contribution in [-0.4, -0.2) is 14.2 Å². The van der Waals surface area contributed by atoms with Gasteiger partial charge in [-0.3, -0.25) is 0 Å². The number of benzene rings is 3. The van der Waals surface area contributed by atoms with Crippen molar-refractivity contribution in [3.8, 4) is 0 Å². The number of hydrogen-bond donors (Lipinski definition) is 0. The fourth-order valence-corrected chi connectivity index (χ4v) is 4.40. The van der Waals surface area contributed by atoms with Crippen LogP contribution in [0.25, 0.3) is 0 Å². The molecule has 0 radical (unpaired) electrons. The summed E-state index contributed by atoms with van der Waals surface area (Å²) in [6.45, 7) is 12.5. The van der Waals surface area contributed by atoms with E-state index in [1.165, 1.54) is 11.1 Å². The molecule has 1 aliphatic rings. The summed E-state index contributed by atoms with van der Waals surface area (Å²) in [5, 5.41) is 0. The molecule has 3 aromatic carbocycles. The van der Waals surface area contributed by atoms with Crippen molar-refractivity contribution < 1.29 is 9.47 Å². The fourth-order valence-electron chi connectivity index (χ4n) is 4.40. The highest BCUT2D eigenvalue weighted by Gasteiger charge is 2.19. The van der Waals surface area contributed by atoms with E-state index < -0.39 is 0 Å². The monoisotopic (exact) mass is 504 g/mol. The molecule has 0 bridgehead atoms. The summed E-state index contributed by atoms with van der Waals surface area (Å²) in [4.78, 5) is 4.45. The van der Waals surface area contributed by atoms with Gasteiger partial charge in [-0.05, 0) is 93.1 Å². The van der Waals surface area contributed by atoms with Gasteiger partial charge in [0.15, 0.2) is 0 Å². The van der Waals surface area contributed by atoms with Crippen molar-refractivity contribution in [2.75, 3.05) is 24.0 Å². The molecular weight excluding hydrogens is 468 g/mol. The molecule has 0 heterocycles. The Kier molecular flexibility index (Phi) is 8.55. The van der Waals surface area contributed by atoms with Crippen molar-refractivity contribution in [3.63, 3.8) is 0 Å². The summed E-state index contributed by atoms with van der Waals surface area (Å²) in [6.07, 6.45) is 9.58. The van der Waals surface area contributed by atoms with Gasteiger partial charge in [0, 0.05) is 40.6 Å². The second kappa shape index (κ2) is 12.2. The third kappa shape index (κ3) is 6.27. The summed E-state index contributed by atoms with van der Waals surface area (Å²) >= 11 is 0. The van der Waals surface area contributed by atoms with Crippen LogP contribution < -0.4 is 9.80 Å². The lowest BCUT2D eigenvalue weighted by Gasteiger charge is -2.31. The molecule has 0 aromatic heterocycles. The van der Waals surface area contributed by atoms with Crippen LogP contribution in [0.2, 0.25) is 0 Å². The Labute approximate surface area is 227 Å². The lowest BCUT2D eigenvalue weighted by atomic mass is 10.1. The first-order valence-corrected chi connectivity index (χ1v) is 12.8. The molecule has 0 amide bonds. The quantitative estimate of drug-likeness (QED) is 0.203. The minimum absolute atomic E-state index is 0.576. The Morgan fingerprint density at radius 2 is 1.18 bits per heavy atom. The standard InChI is InChI=1S/C34H36N2O2/c1-25-7-13-31(14-8-25)36(32-15-9-26(2)10-16-32)33-19-17-29(18-20-33)35(27(3)11-12-28(4)37-5)30-21-23-34(38-6)24-22-30/h7-21,23H,3-4,22,24H2,1-2,5-6H3/b12-11-. The van der Waals surface area contributed by atoms with Crippen molar-refractivity contribution in [1.29, 1.82) is 0 Å². The highest BCUT2D eigenvalue weighted by Crippen LogP contribution is 2.37. The van der Waals surface area contributed by atoms with Gasteiger partial charge in [-0.25, -0.2) is 0 Å². The molecule has 0 saturated carbocycles. The van der Waals surface area contributed by atoms with E-state index in [9.17, 15) is 0 Å². The molecular formula is C34H36N2O2. The van der Waals surface area contributed by atoms with Gasteiger partial charge in [0.05, 0.1) is 20.0 Å². The topological polar surface area (TPSA) is 24.9 Å². The van der Waals surface area contributed by atoms with Gasteiger partial charge >= 0.3 is 0 Å². The predicted molar refractivity (Wildman–Crippen MR) is 160 cm³/mol. The van der Waals surface area contributed by atoms with Crippen LogP contribution >= 0.6 is 0 Å². The average Bonchev–Trinajstić information content (AvgIpc) is 2.95. The van der Waals surface area contributed by atoms with Crippen LogP contribution in [0.4, 0.5) is 22.7 Å². The Balaban J connectivity index is 1.73. The van der Waals surface area contributed by atoms with E-state index >= 15 is 0 Å². The SMILES string of the molecule is C=C(/C=C\C(=C)N(C1=CC=C(OC)CC1)c1ccc(N(c2ccc(C)cc2)c2ccc(C)cc2)cc1)OC. The smallest absolute Gasteiger partial charge is 0.111 e. The van der Waals surface area contributed by atoms with Crippen LogP contribution in [0.1, 0.15) is 24.0 Å². The predicted octanol–water partition coefficient (Wildman–Crippen LogP) is 9.02. The largest absolute Gasteiger partial charge is 0.501 e. The van der Waals surface area contributed by atoms with Gasteiger partial charge in [0.25, 0.3) is 0 Å². The zero-order chi connectivity index (χ0) is 27.1. The first kappa shape index (κ1) is 26.6.